The Morgan fingerprint density at radius 2 is 2.00 bits per heavy atom. The summed E-state index contributed by atoms with van der Waals surface area (Å²) < 4.78 is 0. The Kier molecular flexibility index (Phi) is 5.32. The van der Waals surface area contributed by atoms with Crippen molar-refractivity contribution in [3.05, 3.63) is 12.2 Å². The van der Waals surface area contributed by atoms with Gasteiger partial charge in [-0.3, -0.25) is 0 Å². The molecule has 0 unspecified atom stereocenters. The van der Waals surface area contributed by atoms with E-state index in [1.54, 1.807) is 0 Å². The molecule has 0 amide bonds. The van der Waals surface area contributed by atoms with Crippen LogP contribution in [0.4, 0.5) is 0 Å². The highest BCUT2D eigenvalue weighted by Crippen LogP contribution is 2.02. The van der Waals surface area contributed by atoms with Gasteiger partial charge in [-0.15, -0.1) is 0 Å². The SMILES string of the molecule is CCC/C=C/[C@@H](O)C(C)C. The third-order valence-electron chi connectivity index (χ3n) is 1.47. The van der Waals surface area contributed by atoms with Crippen LogP contribution in [-0.2, 0) is 0 Å². The highest BCUT2D eigenvalue weighted by atomic mass is 16.3. The van der Waals surface area contributed by atoms with Crippen molar-refractivity contribution < 1.29 is 5.11 Å². The second kappa shape index (κ2) is 5.48. The fraction of sp³-hybridized carbons (Fsp3) is 0.778. The summed E-state index contributed by atoms with van der Waals surface area (Å²) in [6.45, 7) is 6.16. The van der Waals surface area contributed by atoms with Gasteiger partial charge in [-0.05, 0) is 12.3 Å². The van der Waals surface area contributed by atoms with Crippen molar-refractivity contribution in [2.75, 3.05) is 0 Å². The third kappa shape index (κ3) is 4.57. The molecule has 0 bridgehead atoms. The van der Waals surface area contributed by atoms with Crippen molar-refractivity contribution in [1.29, 1.82) is 0 Å². The Balaban J connectivity index is 3.45. The number of aliphatic hydroxyl groups is 1. The van der Waals surface area contributed by atoms with Crippen molar-refractivity contribution >= 4 is 0 Å². The number of rotatable bonds is 4. The molecular formula is C9H18O. The van der Waals surface area contributed by atoms with E-state index in [4.69, 9.17) is 0 Å². The minimum Gasteiger partial charge on any atom is -0.389 e. The highest BCUT2D eigenvalue weighted by Gasteiger charge is 2.02. The fourth-order valence-corrected chi connectivity index (χ4v) is 0.625. The van der Waals surface area contributed by atoms with Gasteiger partial charge < -0.3 is 5.11 Å². The van der Waals surface area contributed by atoms with Crippen LogP contribution in [0, 0.1) is 5.92 Å². The topological polar surface area (TPSA) is 20.2 Å². The number of unbranched alkanes of at least 4 members (excludes halogenated alkanes) is 1. The Labute approximate surface area is 63.8 Å². The van der Waals surface area contributed by atoms with Crippen molar-refractivity contribution in [2.45, 2.75) is 39.7 Å². The molecule has 0 aromatic heterocycles. The molecule has 1 atom stereocenters. The molecule has 0 saturated heterocycles. The summed E-state index contributed by atoms with van der Waals surface area (Å²) >= 11 is 0. The van der Waals surface area contributed by atoms with Gasteiger partial charge in [-0.2, -0.15) is 0 Å². The van der Waals surface area contributed by atoms with E-state index >= 15 is 0 Å². The van der Waals surface area contributed by atoms with Crippen LogP contribution < -0.4 is 0 Å². The van der Waals surface area contributed by atoms with E-state index in [1.165, 1.54) is 0 Å². The van der Waals surface area contributed by atoms with E-state index < -0.39 is 0 Å². The molecule has 0 aromatic rings. The summed E-state index contributed by atoms with van der Waals surface area (Å²) in [6, 6.07) is 0. The average Bonchev–Trinajstić information content (AvgIpc) is 1.88. The van der Waals surface area contributed by atoms with Crippen molar-refractivity contribution in [1.82, 2.24) is 0 Å². The van der Waals surface area contributed by atoms with Crippen LogP contribution in [0.15, 0.2) is 12.2 Å². The molecule has 0 aliphatic carbocycles. The van der Waals surface area contributed by atoms with Gasteiger partial charge in [0.05, 0.1) is 6.10 Å². The van der Waals surface area contributed by atoms with Crippen molar-refractivity contribution in [3.63, 3.8) is 0 Å². The lowest BCUT2D eigenvalue weighted by Gasteiger charge is -2.07. The molecule has 0 heterocycles. The molecule has 0 saturated carbocycles. The molecule has 0 aliphatic rings. The zero-order chi connectivity index (χ0) is 7.98. The molecule has 0 radical (unpaired) electrons. The molecule has 1 N–H and O–H groups in total. The Hall–Kier alpha value is -0.300. The molecule has 0 rings (SSSR count). The monoisotopic (exact) mass is 142 g/mol. The highest BCUT2D eigenvalue weighted by molar-refractivity contribution is 4.89. The second-order valence-corrected chi connectivity index (χ2v) is 2.95. The van der Waals surface area contributed by atoms with Gasteiger partial charge in [-0.1, -0.05) is 39.3 Å². The van der Waals surface area contributed by atoms with Gasteiger partial charge in [0.1, 0.15) is 0 Å². The van der Waals surface area contributed by atoms with Gasteiger partial charge in [-0.25, -0.2) is 0 Å². The van der Waals surface area contributed by atoms with Gasteiger partial charge in [0.2, 0.25) is 0 Å². The summed E-state index contributed by atoms with van der Waals surface area (Å²) in [5.74, 6) is 0.341. The fourth-order valence-electron chi connectivity index (χ4n) is 0.625. The summed E-state index contributed by atoms with van der Waals surface area (Å²) in [4.78, 5) is 0. The summed E-state index contributed by atoms with van der Waals surface area (Å²) in [5.41, 5.74) is 0. The number of allylic oxidation sites excluding steroid dienone is 1. The maximum Gasteiger partial charge on any atom is 0.0743 e. The number of hydrogen-bond donors (Lipinski definition) is 1. The van der Waals surface area contributed by atoms with Gasteiger partial charge >= 0.3 is 0 Å². The normalized spacial score (nSPS) is 14.9. The smallest absolute Gasteiger partial charge is 0.0743 e. The predicted octanol–water partition coefficient (Wildman–Crippen LogP) is 2.36. The van der Waals surface area contributed by atoms with E-state index in [0.29, 0.717) is 5.92 Å². The predicted molar refractivity (Wildman–Crippen MR) is 44.9 cm³/mol. The largest absolute Gasteiger partial charge is 0.389 e. The first-order chi connectivity index (χ1) is 4.68. The van der Waals surface area contributed by atoms with E-state index in [9.17, 15) is 5.11 Å². The minimum atomic E-state index is -0.258. The molecule has 0 fully saturated rings. The van der Waals surface area contributed by atoms with Gasteiger partial charge in [0, 0.05) is 0 Å². The molecule has 1 nitrogen and oxygen atoms in total. The lowest BCUT2D eigenvalue weighted by atomic mass is 10.1. The lowest BCUT2D eigenvalue weighted by molar-refractivity contribution is 0.172. The van der Waals surface area contributed by atoms with Crippen LogP contribution in [0.2, 0.25) is 0 Å². The van der Waals surface area contributed by atoms with Crippen LogP contribution >= 0.6 is 0 Å². The van der Waals surface area contributed by atoms with E-state index in [2.05, 4.69) is 6.92 Å². The minimum absolute atomic E-state index is 0.258. The number of aliphatic hydroxyl groups excluding tert-OH is 1. The molecular weight excluding hydrogens is 124 g/mol. The molecule has 10 heavy (non-hydrogen) atoms. The summed E-state index contributed by atoms with van der Waals surface area (Å²) in [7, 11) is 0. The van der Waals surface area contributed by atoms with E-state index in [1.807, 2.05) is 26.0 Å². The van der Waals surface area contributed by atoms with Gasteiger partial charge in [0.15, 0.2) is 0 Å². The van der Waals surface area contributed by atoms with E-state index in [0.717, 1.165) is 12.8 Å². The van der Waals surface area contributed by atoms with Crippen LogP contribution in [0.3, 0.4) is 0 Å². The van der Waals surface area contributed by atoms with Crippen LogP contribution in [0.1, 0.15) is 33.6 Å². The first-order valence-corrected chi connectivity index (χ1v) is 4.03. The second-order valence-electron chi connectivity index (χ2n) is 2.95. The van der Waals surface area contributed by atoms with Crippen LogP contribution in [0.25, 0.3) is 0 Å². The zero-order valence-electron chi connectivity index (χ0n) is 7.17. The van der Waals surface area contributed by atoms with Gasteiger partial charge in [0.25, 0.3) is 0 Å². The molecule has 0 aliphatic heterocycles. The third-order valence-corrected chi connectivity index (χ3v) is 1.47. The maximum absolute atomic E-state index is 9.27. The Morgan fingerprint density at radius 3 is 2.40 bits per heavy atom. The summed E-state index contributed by atoms with van der Waals surface area (Å²) in [6.07, 6.45) is 5.90. The first-order valence-electron chi connectivity index (χ1n) is 4.03. The standard InChI is InChI=1S/C9H18O/c1-4-5-6-7-9(10)8(2)3/h6-10H,4-5H2,1-3H3/b7-6+/t9-/m1/s1. The molecule has 0 aromatic carbocycles. The molecule has 1 heteroatoms. The molecule has 0 spiro atoms. The summed E-state index contributed by atoms with van der Waals surface area (Å²) in [5, 5.41) is 9.27. The zero-order valence-corrected chi connectivity index (χ0v) is 7.17. The molecule has 60 valence electrons. The van der Waals surface area contributed by atoms with Crippen LogP contribution in [0.5, 0.6) is 0 Å². The Morgan fingerprint density at radius 1 is 1.40 bits per heavy atom. The maximum atomic E-state index is 9.27. The van der Waals surface area contributed by atoms with Crippen molar-refractivity contribution in [2.24, 2.45) is 5.92 Å². The number of hydrogen-bond acceptors (Lipinski definition) is 1. The first kappa shape index (κ1) is 9.70. The average molecular weight is 142 g/mol. The van der Waals surface area contributed by atoms with Crippen LogP contribution in [-0.4, -0.2) is 11.2 Å². The Bertz CT molecular complexity index is 94.9. The van der Waals surface area contributed by atoms with E-state index in [-0.39, 0.29) is 6.10 Å². The quantitative estimate of drug-likeness (QED) is 0.597. The lowest BCUT2D eigenvalue weighted by Crippen LogP contribution is -2.10. The van der Waals surface area contributed by atoms with Crippen molar-refractivity contribution in [3.8, 4) is 0 Å².